The molecule has 1 atom stereocenters. The van der Waals surface area contributed by atoms with Crippen LogP contribution in [0.4, 0.5) is 11.4 Å². The van der Waals surface area contributed by atoms with Crippen molar-refractivity contribution >= 4 is 21.2 Å². The zero-order valence-electron chi connectivity index (χ0n) is 13.5. The van der Waals surface area contributed by atoms with Gasteiger partial charge in [-0.2, -0.15) is 0 Å². The van der Waals surface area contributed by atoms with Gasteiger partial charge in [-0.05, 0) is 30.4 Å². The third-order valence-corrected chi connectivity index (χ3v) is 5.40. The Labute approximate surface area is 136 Å². The number of piperidine rings is 1. The monoisotopic (exact) mass is 342 g/mol. The summed E-state index contributed by atoms with van der Waals surface area (Å²) in [5.41, 5.74) is 0.0768. The summed E-state index contributed by atoms with van der Waals surface area (Å²) in [4.78, 5) is 12.6. The Morgan fingerprint density at radius 2 is 2.09 bits per heavy atom. The van der Waals surface area contributed by atoms with Gasteiger partial charge in [-0.25, -0.2) is 8.42 Å². The van der Waals surface area contributed by atoms with Crippen molar-refractivity contribution < 1.29 is 18.4 Å². The molecule has 0 radical (unpaired) electrons. The lowest BCUT2D eigenvalue weighted by Crippen LogP contribution is -2.48. The van der Waals surface area contributed by atoms with Crippen LogP contribution in [0.5, 0.6) is 0 Å². The fourth-order valence-electron chi connectivity index (χ4n) is 2.98. The summed E-state index contributed by atoms with van der Waals surface area (Å²) in [5, 5.41) is 21.0. The minimum Gasteiger partial charge on any atom is -0.394 e. The standard InChI is InChI=1S/C15H22N2O5S/c1-15(2)7-6-11(9-18)16(10-15)13-5-4-12(23(3,21)22)8-14(13)17(19)20/h4-5,8,11,18H,6-7,9-10H2,1-3H3/t11-/m0/s1. The molecule has 0 bridgehead atoms. The Bertz CT molecular complexity index is 715. The summed E-state index contributed by atoms with van der Waals surface area (Å²) in [5.74, 6) is 0. The minimum atomic E-state index is -3.52. The molecule has 23 heavy (non-hydrogen) atoms. The van der Waals surface area contributed by atoms with Crippen molar-refractivity contribution in [3.8, 4) is 0 Å². The second-order valence-corrected chi connectivity index (χ2v) is 8.86. The summed E-state index contributed by atoms with van der Waals surface area (Å²) in [7, 11) is -3.52. The summed E-state index contributed by atoms with van der Waals surface area (Å²) >= 11 is 0. The molecule has 0 aromatic heterocycles. The van der Waals surface area contributed by atoms with E-state index in [9.17, 15) is 23.6 Å². The molecule has 1 N–H and O–H groups in total. The van der Waals surface area contributed by atoms with E-state index in [1.807, 2.05) is 4.90 Å². The van der Waals surface area contributed by atoms with Gasteiger partial charge >= 0.3 is 0 Å². The number of hydrogen-bond donors (Lipinski definition) is 1. The van der Waals surface area contributed by atoms with Crippen LogP contribution in [-0.2, 0) is 9.84 Å². The predicted molar refractivity (Wildman–Crippen MR) is 87.4 cm³/mol. The van der Waals surface area contributed by atoms with Gasteiger partial charge in [0.1, 0.15) is 5.69 Å². The summed E-state index contributed by atoms with van der Waals surface area (Å²) in [6, 6.07) is 3.75. The first-order valence-electron chi connectivity index (χ1n) is 7.41. The normalized spacial score (nSPS) is 21.2. The van der Waals surface area contributed by atoms with Crippen molar-refractivity contribution in [3.63, 3.8) is 0 Å². The minimum absolute atomic E-state index is 0.0327. The van der Waals surface area contributed by atoms with Crippen molar-refractivity contribution in [3.05, 3.63) is 28.3 Å². The van der Waals surface area contributed by atoms with E-state index in [4.69, 9.17) is 0 Å². The number of nitrogens with zero attached hydrogens (tertiary/aromatic N) is 2. The van der Waals surface area contributed by atoms with Gasteiger partial charge < -0.3 is 10.0 Å². The van der Waals surface area contributed by atoms with Crippen LogP contribution >= 0.6 is 0 Å². The van der Waals surface area contributed by atoms with Crippen LogP contribution in [0.3, 0.4) is 0 Å². The van der Waals surface area contributed by atoms with E-state index in [1.54, 1.807) is 0 Å². The fraction of sp³-hybridized carbons (Fsp3) is 0.600. The maximum Gasteiger partial charge on any atom is 0.293 e. The van der Waals surface area contributed by atoms with Crippen LogP contribution in [0.2, 0.25) is 0 Å². The lowest BCUT2D eigenvalue weighted by Gasteiger charge is -2.44. The number of anilines is 1. The largest absolute Gasteiger partial charge is 0.394 e. The van der Waals surface area contributed by atoms with Gasteiger partial charge in [0, 0.05) is 18.9 Å². The fourth-order valence-corrected chi connectivity index (χ4v) is 3.62. The molecule has 0 aliphatic carbocycles. The molecule has 1 aromatic rings. The Morgan fingerprint density at radius 3 is 2.61 bits per heavy atom. The average Bonchev–Trinajstić information content (AvgIpc) is 2.44. The van der Waals surface area contributed by atoms with Crippen LogP contribution in [0, 0.1) is 15.5 Å². The molecule has 0 saturated carbocycles. The Kier molecular flexibility index (Phi) is 4.68. The predicted octanol–water partition coefficient (Wildman–Crippen LogP) is 1.99. The number of rotatable bonds is 4. The molecule has 1 aromatic carbocycles. The summed E-state index contributed by atoms with van der Waals surface area (Å²) in [6.45, 7) is 4.62. The van der Waals surface area contributed by atoms with E-state index in [2.05, 4.69) is 13.8 Å². The molecule has 1 fully saturated rings. The van der Waals surface area contributed by atoms with Gasteiger partial charge in [-0.3, -0.25) is 10.1 Å². The molecule has 0 amide bonds. The summed E-state index contributed by atoms with van der Waals surface area (Å²) in [6.07, 6.45) is 2.67. The molecular weight excluding hydrogens is 320 g/mol. The Morgan fingerprint density at radius 1 is 1.43 bits per heavy atom. The van der Waals surface area contributed by atoms with Crippen molar-refractivity contribution in [2.24, 2.45) is 5.41 Å². The number of benzene rings is 1. The second kappa shape index (κ2) is 6.09. The first-order chi connectivity index (χ1) is 10.5. The Hall–Kier alpha value is -1.67. The number of nitro benzene ring substituents is 1. The van der Waals surface area contributed by atoms with Crippen LogP contribution in [0.1, 0.15) is 26.7 Å². The molecule has 1 saturated heterocycles. The molecule has 128 valence electrons. The smallest absolute Gasteiger partial charge is 0.293 e. The maximum atomic E-state index is 11.6. The van der Waals surface area contributed by atoms with E-state index >= 15 is 0 Å². The first-order valence-corrected chi connectivity index (χ1v) is 9.30. The summed E-state index contributed by atoms with van der Waals surface area (Å²) < 4.78 is 23.3. The molecule has 0 spiro atoms. The number of nitro groups is 1. The van der Waals surface area contributed by atoms with Gasteiger partial charge in [0.2, 0.25) is 0 Å². The third-order valence-electron chi connectivity index (χ3n) is 4.29. The van der Waals surface area contributed by atoms with Gasteiger partial charge in [0.15, 0.2) is 9.84 Å². The number of sulfone groups is 1. The molecule has 1 aliphatic heterocycles. The number of aliphatic hydroxyl groups is 1. The highest BCUT2D eigenvalue weighted by Crippen LogP contribution is 2.39. The Balaban J connectivity index is 2.54. The van der Waals surface area contributed by atoms with Gasteiger partial charge in [-0.15, -0.1) is 0 Å². The molecular formula is C15H22N2O5S. The van der Waals surface area contributed by atoms with E-state index in [0.29, 0.717) is 12.2 Å². The van der Waals surface area contributed by atoms with E-state index in [0.717, 1.165) is 25.2 Å². The molecule has 2 rings (SSSR count). The van der Waals surface area contributed by atoms with E-state index in [-0.39, 0.29) is 28.6 Å². The SMILES string of the molecule is CC1(C)CC[C@@H](CO)N(c2ccc(S(C)(=O)=O)cc2[N+](=O)[O-])C1. The van der Waals surface area contributed by atoms with Crippen molar-refractivity contribution in [1.29, 1.82) is 0 Å². The second-order valence-electron chi connectivity index (χ2n) is 6.85. The number of aliphatic hydroxyl groups excluding tert-OH is 1. The highest BCUT2D eigenvalue weighted by atomic mass is 32.2. The number of hydrogen-bond acceptors (Lipinski definition) is 6. The van der Waals surface area contributed by atoms with Gasteiger partial charge in [-0.1, -0.05) is 13.8 Å². The molecule has 0 unspecified atom stereocenters. The van der Waals surface area contributed by atoms with Crippen molar-refractivity contribution in [2.75, 3.05) is 24.3 Å². The zero-order chi connectivity index (χ0) is 17.4. The van der Waals surface area contributed by atoms with E-state index in [1.165, 1.54) is 12.1 Å². The van der Waals surface area contributed by atoms with Crippen LogP contribution in [0.25, 0.3) is 0 Å². The average molecular weight is 342 g/mol. The highest BCUT2D eigenvalue weighted by molar-refractivity contribution is 7.90. The van der Waals surface area contributed by atoms with E-state index < -0.39 is 14.8 Å². The van der Waals surface area contributed by atoms with Gasteiger partial charge in [0.05, 0.1) is 22.5 Å². The first kappa shape index (κ1) is 17.7. The van der Waals surface area contributed by atoms with Crippen LogP contribution in [-0.4, -0.2) is 43.9 Å². The highest BCUT2D eigenvalue weighted by Gasteiger charge is 2.35. The topological polar surface area (TPSA) is 101 Å². The van der Waals surface area contributed by atoms with Crippen molar-refractivity contribution in [1.82, 2.24) is 0 Å². The molecule has 1 heterocycles. The van der Waals surface area contributed by atoms with Crippen molar-refractivity contribution in [2.45, 2.75) is 37.6 Å². The van der Waals surface area contributed by atoms with Gasteiger partial charge in [0.25, 0.3) is 5.69 Å². The third kappa shape index (κ3) is 3.81. The maximum absolute atomic E-state index is 11.6. The quantitative estimate of drug-likeness (QED) is 0.663. The molecule has 8 heteroatoms. The lowest BCUT2D eigenvalue weighted by molar-refractivity contribution is -0.384. The molecule has 7 nitrogen and oxygen atoms in total. The van der Waals surface area contributed by atoms with Crippen LogP contribution < -0.4 is 4.90 Å². The molecule has 1 aliphatic rings. The van der Waals surface area contributed by atoms with Crippen LogP contribution in [0.15, 0.2) is 23.1 Å². The zero-order valence-corrected chi connectivity index (χ0v) is 14.3. The lowest BCUT2D eigenvalue weighted by atomic mass is 9.81.